The van der Waals surface area contributed by atoms with Crippen molar-refractivity contribution >= 4 is 11.8 Å². The fourth-order valence-electron chi connectivity index (χ4n) is 2.22. The summed E-state index contributed by atoms with van der Waals surface area (Å²) in [4.78, 5) is 2.66. The van der Waals surface area contributed by atoms with Crippen LogP contribution in [0.1, 0.15) is 40.5 Å². The van der Waals surface area contributed by atoms with Crippen LogP contribution < -0.4 is 5.32 Å². The van der Waals surface area contributed by atoms with Gasteiger partial charge in [0.25, 0.3) is 0 Å². The van der Waals surface area contributed by atoms with Gasteiger partial charge in [-0.15, -0.1) is 0 Å². The molecule has 0 aromatic rings. The van der Waals surface area contributed by atoms with Crippen LogP contribution >= 0.6 is 11.8 Å². The Bertz CT molecular complexity index is 197. The van der Waals surface area contributed by atoms with E-state index in [1.54, 1.807) is 0 Å². The molecule has 1 rings (SSSR count). The second-order valence-corrected chi connectivity index (χ2v) is 7.04. The van der Waals surface area contributed by atoms with E-state index in [0.717, 1.165) is 17.7 Å². The Morgan fingerprint density at radius 2 is 2.12 bits per heavy atom. The molecule has 1 fully saturated rings. The van der Waals surface area contributed by atoms with Crippen molar-refractivity contribution in [2.75, 3.05) is 31.9 Å². The van der Waals surface area contributed by atoms with Gasteiger partial charge in [-0.1, -0.05) is 20.8 Å². The molecule has 1 aliphatic rings. The zero-order valence-corrected chi connectivity index (χ0v) is 12.9. The average Bonchev–Trinajstić information content (AvgIpc) is 2.34. The predicted molar refractivity (Wildman–Crippen MR) is 79.9 cm³/mol. The SMILES string of the molecule is CCC1CN(C(C)CNCCC(C)C)CCS1. The van der Waals surface area contributed by atoms with Gasteiger partial charge in [-0.05, 0) is 32.2 Å². The number of nitrogens with zero attached hydrogens (tertiary/aromatic N) is 1. The predicted octanol–water partition coefficient (Wildman–Crippen LogP) is 2.84. The quantitative estimate of drug-likeness (QED) is 0.707. The molecular weight excluding hydrogens is 228 g/mol. The first-order valence-corrected chi connectivity index (χ1v) is 8.24. The maximum atomic E-state index is 3.60. The van der Waals surface area contributed by atoms with Gasteiger partial charge in [0, 0.05) is 36.7 Å². The van der Waals surface area contributed by atoms with Crippen molar-refractivity contribution in [2.45, 2.75) is 51.8 Å². The standard InChI is InChI=1S/C14H30N2S/c1-5-14-11-16(8-9-17-14)13(4)10-15-7-6-12(2)3/h12-15H,5-11H2,1-4H3. The lowest BCUT2D eigenvalue weighted by Crippen LogP contribution is -2.47. The zero-order chi connectivity index (χ0) is 12.7. The Labute approximate surface area is 112 Å². The minimum atomic E-state index is 0.692. The monoisotopic (exact) mass is 258 g/mol. The van der Waals surface area contributed by atoms with E-state index < -0.39 is 0 Å². The molecule has 102 valence electrons. The van der Waals surface area contributed by atoms with Gasteiger partial charge in [-0.25, -0.2) is 0 Å². The average molecular weight is 258 g/mol. The first-order valence-electron chi connectivity index (χ1n) is 7.19. The van der Waals surface area contributed by atoms with Crippen molar-refractivity contribution in [2.24, 2.45) is 5.92 Å². The number of hydrogen-bond acceptors (Lipinski definition) is 3. The van der Waals surface area contributed by atoms with Gasteiger partial charge in [-0.2, -0.15) is 11.8 Å². The van der Waals surface area contributed by atoms with E-state index in [-0.39, 0.29) is 0 Å². The Hall–Kier alpha value is 0.270. The number of thioether (sulfide) groups is 1. The molecule has 0 aromatic heterocycles. The Morgan fingerprint density at radius 3 is 2.76 bits per heavy atom. The molecule has 1 aliphatic heterocycles. The molecule has 2 nitrogen and oxygen atoms in total. The molecule has 2 unspecified atom stereocenters. The third kappa shape index (κ3) is 6.12. The molecule has 3 heteroatoms. The molecule has 0 bridgehead atoms. The molecule has 0 aromatic carbocycles. The summed E-state index contributed by atoms with van der Waals surface area (Å²) in [6.45, 7) is 14.1. The normalized spacial score (nSPS) is 24.2. The lowest BCUT2D eigenvalue weighted by molar-refractivity contribution is 0.209. The van der Waals surface area contributed by atoms with Crippen molar-refractivity contribution in [3.63, 3.8) is 0 Å². The van der Waals surface area contributed by atoms with Crippen LogP contribution in [0.2, 0.25) is 0 Å². The highest BCUT2D eigenvalue weighted by molar-refractivity contribution is 8.00. The van der Waals surface area contributed by atoms with E-state index in [1.165, 1.54) is 38.2 Å². The zero-order valence-electron chi connectivity index (χ0n) is 12.0. The maximum absolute atomic E-state index is 3.60. The molecule has 17 heavy (non-hydrogen) atoms. The van der Waals surface area contributed by atoms with E-state index in [2.05, 4.69) is 49.7 Å². The molecule has 2 atom stereocenters. The fourth-order valence-corrected chi connectivity index (χ4v) is 3.43. The smallest absolute Gasteiger partial charge is 0.0193 e. The van der Waals surface area contributed by atoms with Crippen molar-refractivity contribution < 1.29 is 0 Å². The molecule has 1 saturated heterocycles. The summed E-state index contributed by atoms with van der Waals surface area (Å²) in [5.41, 5.74) is 0. The molecule has 0 saturated carbocycles. The highest BCUT2D eigenvalue weighted by Gasteiger charge is 2.22. The second kappa shape index (κ2) is 8.39. The molecule has 0 amide bonds. The topological polar surface area (TPSA) is 15.3 Å². The van der Waals surface area contributed by atoms with Crippen LogP contribution in [0.25, 0.3) is 0 Å². The first kappa shape index (κ1) is 15.3. The van der Waals surface area contributed by atoms with Gasteiger partial charge < -0.3 is 5.32 Å². The van der Waals surface area contributed by atoms with E-state index >= 15 is 0 Å². The summed E-state index contributed by atoms with van der Waals surface area (Å²) >= 11 is 2.15. The van der Waals surface area contributed by atoms with E-state index in [9.17, 15) is 0 Å². The van der Waals surface area contributed by atoms with E-state index in [4.69, 9.17) is 0 Å². The molecular formula is C14H30N2S. The van der Waals surface area contributed by atoms with Crippen molar-refractivity contribution in [1.82, 2.24) is 10.2 Å². The number of hydrogen-bond donors (Lipinski definition) is 1. The molecule has 1 heterocycles. The third-order valence-electron chi connectivity index (χ3n) is 3.59. The number of rotatable bonds is 7. The van der Waals surface area contributed by atoms with Gasteiger partial charge in [0.2, 0.25) is 0 Å². The Balaban J connectivity index is 2.15. The van der Waals surface area contributed by atoms with Crippen LogP contribution in [0.15, 0.2) is 0 Å². The fraction of sp³-hybridized carbons (Fsp3) is 1.00. The summed E-state index contributed by atoms with van der Waals surface area (Å²) in [6.07, 6.45) is 2.61. The third-order valence-corrected chi connectivity index (χ3v) is 4.96. The van der Waals surface area contributed by atoms with Crippen LogP contribution in [0.4, 0.5) is 0 Å². The first-order chi connectivity index (χ1) is 8.13. The summed E-state index contributed by atoms with van der Waals surface area (Å²) in [5.74, 6) is 2.13. The second-order valence-electron chi connectivity index (χ2n) is 5.63. The van der Waals surface area contributed by atoms with Gasteiger partial charge in [0.15, 0.2) is 0 Å². The molecule has 0 radical (unpaired) electrons. The minimum absolute atomic E-state index is 0.692. The number of nitrogens with one attached hydrogen (secondary N) is 1. The lowest BCUT2D eigenvalue weighted by Gasteiger charge is -2.36. The summed E-state index contributed by atoms with van der Waals surface area (Å²) < 4.78 is 0. The van der Waals surface area contributed by atoms with Crippen molar-refractivity contribution in [3.8, 4) is 0 Å². The highest BCUT2D eigenvalue weighted by atomic mass is 32.2. The van der Waals surface area contributed by atoms with Crippen LogP contribution in [-0.4, -0.2) is 48.1 Å². The van der Waals surface area contributed by atoms with Crippen LogP contribution in [0.5, 0.6) is 0 Å². The van der Waals surface area contributed by atoms with Gasteiger partial charge in [0.05, 0.1) is 0 Å². The lowest BCUT2D eigenvalue weighted by atomic mass is 10.1. The van der Waals surface area contributed by atoms with Crippen LogP contribution in [-0.2, 0) is 0 Å². The molecule has 1 N–H and O–H groups in total. The summed E-state index contributed by atoms with van der Waals surface area (Å²) in [6, 6.07) is 0.692. The van der Waals surface area contributed by atoms with Crippen LogP contribution in [0.3, 0.4) is 0 Å². The Kier molecular flexibility index (Phi) is 7.56. The largest absolute Gasteiger partial charge is 0.315 e. The van der Waals surface area contributed by atoms with Gasteiger partial charge in [-0.3, -0.25) is 4.90 Å². The Morgan fingerprint density at radius 1 is 1.35 bits per heavy atom. The summed E-state index contributed by atoms with van der Waals surface area (Å²) in [5, 5.41) is 4.46. The van der Waals surface area contributed by atoms with Gasteiger partial charge in [0.1, 0.15) is 0 Å². The minimum Gasteiger partial charge on any atom is -0.315 e. The van der Waals surface area contributed by atoms with Crippen LogP contribution in [0, 0.1) is 5.92 Å². The highest BCUT2D eigenvalue weighted by Crippen LogP contribution is 2.22. The van der Waals surface area contributed by atoms with Crippen molar-refractivity contribution in [1.29, 1.82) is 0 Å². The van der Waals surface area contributed by atoms with Gasteiger partial charge >= 0.3 is 0 Å². The molecule has 0 spiro atoms. The van der Waals surface area contributed by atoms with E-state index in [1.807, 2.05) is 0 Å². The van der Waals surface area contributed by atoms with E-state index in [0.29, 0.717) is 6.04 Å². The maximum Gasteiger partial charge on any atom is 0.0193 e. The molecule has 0 aliphatic carbocycles. The van der Waals surface area contributed by atoms with Crippen molar-refractivity contribution in [3.05, 3.63) is 0 Å². The summed E-state index contributed by atoms with van der Waals surface area (Å²) in [7, 11) is 0.